The van der Waals surface area contributed by atoms with Crippen molar-refractivity contribution in [2.45, 2.75) is 13.0 Å². The number of anilines is 1. The lowest BCUT2D eigenvalue weighted by atomic mass is 10.1. The zero-order valence-corrected chi connectivity index (χ0v) is 14.8. The number of para-hydroxylation sites is 1. The van der Waals surface area contributed by atoms with Gasteiger partial charge in [0.2, 0.25) is 6.10 Å². The largest absolute Gasteiger partial charge is 0.496 e. The molecule has 1 amide bonds. The summed E-state index contributed by atoms with van der Waals surface area (Å²) in [6.45, 7) is 1.71. The van der Waals surface area contributed by atoms with Crippen LogP contribution in [0.3, 0.4) is 0 Å². The third-order valence-electron chi connectivity index (χ3n) is 3.77. The highest BCUT2D eigenvalue weighted by atomic mass is 16.6. The van der Waals surface area contributed by atoms with Gasteiger partial charge in [0, 0.05) is 11.6 Å². The van der Waals surface area contributed by atoms with Gasteiger partial charge < -0.3 is 19.3 Å². The van der Waals surface area contributed by atoms with Crippen molar-refractivity contribution in [3.63, 3.8) is 0 Å². The molecule has 1 heterocycles. The number of esters is 1. The second-order valence-electron chi connectivity index (χ2n) is 5.71. The highest BCUT2D eigenvalue weighted by Gasteiger charge is 2.27. The van der Waals surface area contributed by atoms with E-state index in [4.69, 9.17) is 14.0 Å². The number of carbonyl (C=O) groups is 2. The second kappa shape index (κ2) is 8.18. The van der Waals surface area contributed by atoms with Crippen LogP contribution in [-0.2, 0) is 9.53 Å². The summed E-state index contributed by atoms with van der Waals surface area (Å²) >= 11 is 0. The highest BCUT2D eigenvalue weighted by molar-refractivity contribution is 5.98. The Morgan fingerprint density at radius 2 is 1.78 bits per heavy atom. The van der Waals surface area contributed by atoms with Crippen molar-refractivity contribution < 1.29 is 23.6 Å². The van der Waals surface area contributed by atoms with E-state index in [1.165, 1.54) is 7.11 Å². The van der Waals surface area contributed by atoms with Crippen LogP contribution in [0.25, 0.3) is 0 Å². The van der Waals surface area contributed by atoms with E-state index < -0.39 is 18.0 Å². The molecule has 1 atom stereocenters. The Morgan fingerprint density at radius 1 is 1.07 bits per heavy atom. The van der Waals surface area contributed by atoms with Gasteiger partial charge in [-0.1, -0.05) is 47.6 Å². The number of hydrogen-bond donors (Lipinski definition) is 1. The molecular weight excluding hydrogens is 348 g/mol. The Kier molecular flexibility index (Phi) is 5.51. The van der Waals surface area contributed by atoms with Crippen molar-refractivity contribution in [2.24, 2.45) is 0 Å². The maximum atomic E-state index is 12.7. The molecule has 1 N–H and O–H groups in total. The van der Waals surface area contributed by atoms with Crippen LogP contribution in [0.2, 0.25) is 0 Å². The van der Waals surface area contributed by atoms with Crippen molar-refractivity contribution in [3.05, 3.63) is 77.6 Å². The van der Waals surface area contributed by atoms with Gasteiger partial charge in [-0.25, -0.2) is 4.79 Å². The standard InChI is InChI=1S/C20H18N2O5/c1-13-12-17(22-27-13)21-19(23)18(14-8-4-3-5-9-14)26-20(24)15-10-6-7-11-16(15)25-2/h3-12,18H,1-2H3,(H,21,22,23). The number of aromatic nitrogens is 1. The predicted molar refractivity (Wildman–Crippen MR) is 97.5 cm³/mol. The van der Waals surface area contributed by atoms with Crippen molar-refractivity contribution >= 4 is 17.7 Å². The van der Waals surface area contributed by atoms with Crippen LogP contribution < -0.4 is 10.1 Å². The number of rotatable bonds is 6. The lowest BCUT2D eigenvalue weighted by Crippen LogP contribution is -2.26. The van der Waals surface area contributed by atoms with Gasteiger partial charge in [-0.2, -0.15) is 0 Å². The number of benzene rings is 2. The van der Waals surface area contributed by atoms with Gasteiger partial charge in [0.15, 0.2) is 5.82 Å². The maximum absolute atomic E-state index is 12.7. The first-order valence-electron chi connectivity index (χ1n) is 8.21. The number of hydrogen-bond acceptors (Lipinski definition) is 6. The molecule has 3 rings (SSSR count). The Morgan fingerprint density at radius 3 is 2.44 bits per heavy atom. The first-order valence-corrected chi connectivity index (χ1v) is 8.21. The third kappa shape index (κ3) is 4.33. The molecule has 3 aromatic rings. The van der Waals surface area contributed by atoms with Crippen molar-refractivity contribution in [2.75, 3.05) is 12.4 Å². The number of amides is 1. The van der Waals surface area contributed by atoms with Crippen molar-refractivity contribution in [1.29, 1.82) is 0 Å². The first-order chi connectivity index (χ1) is 13.1. The lowest BCUT2D eigenvalue weighted by Gasteiger charge is -2.18. The Labute approximate surface area is 155 Å². The Hall–Kier alpha value is -3.61. The van der Waals surface area contributed by atoms with Gasteiger partial charge >= 0.3 is 5.97 Å². The van der Waals surface area contributed by atoms with Crippen LogP contribution in [0, 0.1) is 6.92 Å². The SMILES string of the molecule is COc1ccccc1C(=O)OC(C(=O)Nc1cc(C)on1)c1ccccc1. The van der Waals surface area contributed by atoms with E-state index in [9.17, 15) is 9.59 Å². The van der Waals surface area contributed by atoms with Gasteiger partial charge in [-0.15, -0.1) is 0 Å². The van der Waals surface area contributed by atoms with E-state index in [1.807, 2.05) is 6.07 Å². The molecule has 7 heteroatoms. The average Bonchev–Trinajstić information content (AvgIpc) is 3.11. The summed E-state index contributed by atoms with van der Waals surface area (Å²) in [4.78, 5) is 25.4. The first kappa shape index (κ1) is 18.2. The monoisotopic (exact) mass is 366 g/mol. The fourth-order valence-corrected chi connectivity index (χ4v) is 2.50. The lowest BCUT2D eigenvalue weighted by molar-refractivity contribution is -0.125. The van der Waals surface area contributed by atoms with Gasteiger partial charge in [0.1, 0.15) is 17.1 Å². The van der Waals surface area contributed by atoms with Crippen LogP contribution in [0.1, 0.15) is 27.8 Å². The number of nitrogens with zero attached hydrogens (tertiary/aromatic N) is 1. The number of methoxy groups -OCH3 is 1. The molecular formula is C20H18N2O5. The Balaban J connectivity index is 1.86. The molecule has 0 aliphatic rings. The topological polar surface area (TPSA) is 90.7 Å². The number of aryl methyl sites for hydroxylation is 1. The molecule has 2 aromatic carbocycles. The highest BCUT2D eigenvalue weighted by Crippen LogP contribution is 2.25. The predicted octanol–water partition coefficient (Wildman–Crippen LogP) is 3.53. The van der Waals surface area contributed by atoms with Crippen LogP contribution in [-0.4, -0.2) is 24.1 Å². The minimum Gasteiger partial charge on any atom is -0.496 e. The molecule has 1 aromatic heterocycles. The Bertz CT molecular complexity index is 936. The van der Waals surface area contributed by atoms with Gasteiger partial charge in [-0.05, 0) is 19.1 Å². The molecule has 0 saturated carbocycles. The van der Waals surface area contributed by atoms with Crippen molar-refractivity contribution in [1.82, 2.24) is 5.16 Å². The van der Waals surface area contributed by atoms with Crippen LogP contribution in [0.4, 0.5) is 5.82 Å². The van der Waals surface area contributed by atoms with Crippen LogP contribution in [0.5, 0.6) is 5.75 Å². The summed E-state index contributed by atoms with van der Waals surface area (Å²) in [5.41, 5.74) is 0.754. The summed E-state index contributed by atoms with van der Waals surface area (Å²) in [5, 5.41) is 6.32. The summed E-state index contributed by atoms with van der Waals surface area (Å²) < 4.78 is 15.6. The molecule has 0 fully saturated rings. The molecule has 1 unspecified atom stereocenters. The molecule has 7 nitrogen and oxygen atoms in total. The summed E-state index contributed by atoms with van der Waals surface area (Å²) in [5.74, 6) is -0.0632. The van der Waals surface area contributed by atoms with Gasteiger partial charge in [-0.3, -0.25) is 4.79 Å². The smallest absolute Gasteiger partial charge is 0.343 e. The third-order valence-corrected chi connectivity index (χ3v) is 3.77. The number of carbonyl (C=O) groups excluding carboxylic acids is 2. The second-order valence-corrected chi connectivity index (χ2v) is 5.71. The number of ether oxygens (including phenoxy) is 2. The molecule has 0 radical (unpaired) electrons. The fourth-order valence-electron chi connectivity index (χ4n) is 2.50. The van der Waals surface area contributed by atoms with E-state index in [-0.39, 0.29) is 11.4 Å². The van der Waals surface area contributed by atoms with Crippen LogP contribution in [0.15, 0.2) is 65.2 Å². The maximum Gasteiger partial charge on any atom is 0.343 e. The molecule has 0 aliphatic heterocycles. The quantitative estimate of drug-likeness (QED) is 0.671. The molecule has 0 spiro atoms. The normalized spacial score (nSPS) is 11.5. The molecule has 0 aliphatic carbocycles. The summed E-state index contributed by atoms with van der Waals surface area (Å²) in [6, 6.07) is 16.9. The van der Waals surface area contributed by atoms with Gasteiger partial charge in [0.25, 0.3) is 5.91 Å². The zero-order chi connectivity index (χ0) is 19.2. The van der Waals surface area contributed by atoms with Gasteiger partial charge in [0.05, 0.1) is 7.11 Å². The summed E-state index contributed by atoms with van der Waals surface area (Å²) in [7, 11) is 1.46. The number of nitrogens with one attached hydrogen (secondary N) is 1. The van der Waals surface area contributed by atoms with E-state index in [0.29, 0.717) is 17.1 Å². The fraction of sp³-hybridized carbons (Fsp3) is 0.150. The zero-order valence-electron chi connectivity index (χ0n) is 14.8. The van der Waals surface area contributed by atoms with E-state index in [2.05, 4.69) is 10.5 Å². The minimum absolute atomic E-state index is 0.228. The minimum atomic E-state index is -1.17. The molecule has 0 bridgehead atoms. The molecule has 138 valence electrons. The summed E-state index contributed by atoms with van der Waals surface area (Å²) in [6.07, 6.45) is -1.17. The van der Waals surface area contributed by atoms with E-state index in [1.54, 1.807) is 61.5 Å². The van der Waals surface area contributed by atoms with E-state index in [0.717, 1.165) is 0 Å². The molecule has 27 heavy (non-hydrogen) atoms. The average molecular weight is 366 g/mol. The van der Waals surface area contributed by atoms with Crippen molar-refractivity contribution in [3.8, 4) is 5.75 Å². The molecule has 0 saturated heterocycles. The van der Waals surface area contributed by atoms with Crippen LogP contribution >= 0.6 is 0 Å². The van der Waals surface area contributed by atoms with E-state index >= 15 is 0 Å².